The maximum Gasteiger partial charge on any atom is 0.326 e. The number of aromatic nitrogens is 1. The highest BCUT2D eigenvalue weighted by atomic mass is 32.1. The summed E-state index contributed by atoms with van der Waals surface area (Å²) in [7, 11) is 1.46. The van der Waals surface area contributed by atoms with E-state index in [0.717, 1.165) is 9.88 Å². The minimum atomic E-state index is -1.04. The van der Waals surface area contributed by atoms with Crippen molar-refractivity contribution in [1.82, 2.24) is 9.88 Å². The number of thiazole rings is 1. The average Bonchev–Trinajstić information content (AvgIpc) is 3.05. The molecule has 2 rings (SSSR count). The number of carboxylic acid groups (broad SMARTS) is 1. The summed E-state index contributed by atoms with van der Waals surface area (Å²) in [4.78, 5) is 29.4. The highest BCUT2D eigenvalue weighted by Crippen LogP contribution is 2.28. The van der Waals surface area contributed by atoms with Gasteiger partial charge < -0.3 is 10.0 Å². The summed E-state index contributed by atoms with van der Waals surface area (Å²) >= 11 is 2.93. The normalized spacial score (nSPS) is 12.1. The van der Waals surface area contributed by atoms with Crippen molar-refractivity contribution in [3.05, 3.63) is 28.6 Å². The van der Waals surface area contributed by atoms with E-state index >= 15 is 0 Å². The Labute approximate surface area is 118 Å². The van der Waals surface area contributed by atoms with Gasteiger partial charge in [0.1, 0.15) is 16.7 Å². The molecule has 2 heterocycles. The molecule has 0 radical (unpaired) electrons. The van der Waals surface area contributed by atoms with Crippen molar-refractivity contribution in [2.45, 2.75) is 13.0 Å². The van der Waals surface area contributed by atoms with E-state index in [1.807, 2.05) is 17.5 Å². The van der Waals surface area contributed by atoms with E-state index in [0.29, 0.717) is 0 Å². The van der Waals surface area contributed by atoms with Crippen LogP contribution in [0.2, 0.25) is 0 Å². The van der Waals surface area contributed by atoms with Gasteiger partial charge >= 0.3 is 5.97 Å². The molecule has 0 aliphatic rings. The molecule has 0 aliphatic heterocycles. The van der Waals surface area contributed by atoms with Crippen LogP contribution in [0.1, 0.15) is 17.4 Å². The summed E-state index contributed by atoms with van der Waals surface area (Å²) in [5, 5.41) is 13.3. The second-order valence-electron chi connectivity index (χ2n) is 3.95. The lowest BCUT2D eigenvalue weighted by Crippen LogP contribution is -2.40. The van der Waals surface area contributed by atoms with Gasteiger partial charge in [0.15, 0.2) is 0 Å². The van der Waals surface area contributed by atoms with Gasteiger partial charge in [-0.2, -0.15) is 0 Å². The Bertz CT molecular complexity index is 592. The summed E-state index contributed by atoms with van der Waals surface area (Å²) < 4.78 is 0. The van der Waals surface area contributed by atoms with E-state index in [1.54, 1.807) is 16.7 Å². The lowest BCUT2D eigenvalue weighted by Gasteiger charge is -2.20. The smallest absolute Gasteiger partial charge is 0.326 e. The zero-order valence-electron chi connectivity index (χ0n) is 10.4. The second-order valence-corrected chi connectivity index (χ2v) is 5.75. The van der Waals surface area contributed by atoms with E-state index in [9.17, 15) is 9.59 Å². The van der Waals surface area contributed by atoms with Crippen LogP contribution in [-0.2, 0) is 4.79 Å². The Morgan fingerprint density at radius 3 is 2.74 bits per heavy atom. The molecular weight excluding hydrogens is 284 g/mol. The molecule has 5 nitrogen and oxygen atoms in total. The van der Waals surface area contributed by atoms with Crippen LogP contribution in [-0.4, -0.2) is 40.0 Å². The molecule has 0 fully saturated rings. The van der Waals surface area contributed by atoms with Gasteiger partial charge in [0.25, 0.3) is 5.91 Å². The first-order chi connectivity index (χ1) is 9.00. The molecule has 0 aliphatic carbocycles. The van der Waals surface area contributed by atoms with Crippen LogP contribution in [0.3, 0.4) is 0 Å². The molecule has 1 N–H and O–H groups in total. The minimum Gasteiger partial charge on any atom is -0.480 e. The Kier molecular flexibility index (Phi) is 3.96. The third-order valence-corrected chi connectivity index (χ3v) is 4.60. The quantitative estimate of drug-likeness (QED) is 0.940. The first-order valence-corrected chi connectivity index (χ1v) is 7.26. The van der Waals surface area contributed by atoms with Gasteiger partial charge in [-0.1, -0.05) is 6.07 Å². The summed E-state index contributed by atoms with van der Waals surface area (Å²) in [5.41, 5.74) is 0.281. The molecule has 1 atom stereocenters. The molecule has 1 unspecified atom stereocenters. The number of carbonyl (C=O) groups is 2. The van der Waals surface area contributed by atoms with Crippen molar-refractivity contribution in [3.8, 4) is 9.88 Å². The zero-order valence-corrected chi connectivity index (χ0v) is 12.0. The van der Waals surface area contributed by atoms with Crippen molar-refractivity contribution < 1.29 is 14.7 Å². The Hall–Kier alpha value is -1.73. The lowest BCUT2D eigenvalue weighted by molar-refractivity contribution is -0.141. The van der Waals surface area contributed by atoms with Crippen LogP contribution < -0.4 is 0 Å². The molecule has 100 valence electrons. The number of carbonyl (C=O) groups excluding carboxylic acids is 1. The van der Waals surface area contributed by atoms with Crippen molar-refractivity contribution in [2.75, 3.05) is 7.05 Å². The lowest BCUT2D eigenvalue weighted by atomic mass is 10.3. The number of amides is 1. The Morgan fingerprint density at radius 1 is 1.42 bits per heavy atom. The van der Waals surface area contributed by atoms with E-state index in [2.05, 4.69) is 4.98 Å². The zero-order chi connectivity index (χ0) is 14.0. The number of nitrogens with zero attached hydrogens (tertiary/aromatic N) is 2. The number of thiophene rings is 1. The Morgan fingerprint density at radius 2 is 2.16 bits per heavy atom. The molecule has 7 heteroatoms. The molecule has 2 aromatic heterocycles. The second kappa shape index (κ2) is 5.50. The number of hydrogen-bond donors (Lipinski definition) is 1. The molecule has 0 saturated heterocycles. The fourth-order valence-corrected chi connectivity index (χ4v) is 3.02. The molecular formula is C12H12N2O3S2. The van der Waals surface area contributed by atoms with Crippen LogP contribution in [0.4, 0.5) is 0 Å². The highest BCUT2D eigenvalue weighted by molar-refractivity contribution is 7.20. The average molecular weight is 296 g/mol. The van der Waals surface area contributed by atoms with Gasteiger partial charge in [0, 0.05) is 12.4 Å². The number of hydrogen-bond acceptors (Lipinski definition) is 5. The predicted molar refractivity (Wildman–Crippen MR) is 74.6 cm³/mol. The Balaban J connectivity index is 2.19. The molecule has 1 amide bonds. The van der Waals surface area contributed by atoms with Gasteiger partial charge in [-0.25, -0.2) is 9.78 Å². The van der Waals surface area contributed by atoms with E-state index in [1.165, 1.54) is 30.2 Å². The van der Waals surface area contributed by atoms with Gasteiger partial charge in [-0.3, -0.25) is 4.79 Å². The molecule has 0 spiro atoms. The number of rotatable bonds is 4. The topological polar surface area (TPSA) is 70.5 Å². The summed E-state index contributed by atoms with van der Waals surface area (Å²) in [6.45, 7) is 1.47. The predicted octanol–water partition coefficient (Wildman–Crippen LogP) is 2.42. The van der Waals surface area contributed by atoms with Crippen molar-refractivity contribution in [3.63, 3.8) is 0 Å². The van der Waals surface area contributed by atoms with Crippen LogP contribution in [0.25, 0.3) is 9.88 Å². The standard InChI is InChI=1S/C12H12N2O3S2/c1-7(12(16)17)14(2)11(15)8-6-19-10(13-8)9-4-3-5-18-9/h3-7H,1-2H3,(H,16,17). The van der Waals surface area contributed by atoms with Crippen LogP contribution in [0, 0.1) is 0 Å². The SMILES string of the molecule is CC(C(=O)O)N(C)C(=O)c1csc(-c2cccs2)n1. The first-order valence-electron chi connectivity index (χ1n) is 5.50. The molecule has 2 aromatic rings. The fourth-order valence-electron chi connectivity index (χ4n) is 1.41. The van der Waals surface area contributed by atoms with Gasteiger partial charge in [-0.15, -0.1) is 22.7 Å². The third-order valence-electron chi connectivity index (χ3n) is 2.71. The number of carboxylic acids is 1. The van der Waals surface area contributed by atoms with Crippen LogP contribution in [0.5, 0.6) is 0 Å². The summed E-state index contributed by atoms with van der Waals surface area (Å²) in [6, 6.07) is 2.97. The number of aliphatic carboxylic acids is 1. The van der Waals surface area contributed by atoms with Crippen LogP contribution in [0.15, 0.2) is 22.9 Å². The van der Waals surface area contributed by atoms with Gasteiger partial charge in [-0.05, 0) is 18.4 Å². The highest BCUT2D eigenvalue weighted by Gasteiger charge is 2.24. The maximum absolute atomic E-state index is 12.1. The van der Waals surface area contributed by atoms with E-state index in [-0.39, 0.29) is 11.6 Å². The van der Waals surface area contributed by atoms with Crippen molar-refractivity contribution >= 4 is 34.6 Å². The largest absolute Gasteiger partial charge is 0.480 e. The van der Waals surface area contributed by atoms with E-state index in [4.69, 9.17) is 5.11 Å². The van der Waals surface area contributed by atoms with Gasteiger partial charge in [0.2, 0.25) is 0 Å². The molecule has 0 bridgehead atoms. The third kappa shape index (κ3) is 2.82. The number of likely N-dealkylation sites (N-methyl/N-ethyl adjacent to an activating group) is 1. The van der Waals surface area contributed by atoms with Crippen molar-refractivity contribution in [1.29, 1.82) is 0 Å². The van der Waals surface area contributed by atoms with E-state index < -0.39 is 12.0 Å². The maximum atomic E-state index is 12.1. The van der Waals surface area contributed by atoms with Crippen LogP contribution >= 0.6 is 22.7 Å². The fraction of sp³-hybridized carbons (Fsp3) is 0.250. The molecule has 0 aromatic carbocycles. The molecule has 19 heavy (non-hydrogen) atoms. The first kappa shape index (κ1) is 13.7. The minimum absolute atomic E-state index is 0.281. The summed E-state index contributed by atoms with van der Waals surface area (Å²) in [6.07, 6.45) is 0. The molecule has 0 saturated carbocycles. The van der Waals surface area contributed by atoms with Gasteiger partial charge in [0.05, 0.1) is 4.88 Å². The summed E-state index contributed by atoms with van der Waals surface area (Å²) in [5.74, 6) is -1.42. The van der Waals surface area contributed by atoms with Crippen molar-refractivity contribution in [2.24, 2.45) is 0 Å². The monoisotopic (exact) mass is 296 g/mol.